The third-order valence-corrected chi connectivity index (χ3v) is 5.25. The zero-order valence-corrected chi connectivity index (χ0v) is 17.5. The molecule has 0 unspecified atom stereocenters. The smallest absolute Gasteiger partial charge is 0.316 e. The van der Waals surface area contributed by atoms with Gasteiger partial charge in [-0.15, -0.1) is 0 Å². The lowest BCUT2D eigenvalue weighted by Gasteiger charge is -2.31. The number of rotatable bonds is 4. The molecule has 8 heteroatoms. The van der Waals surface area contributed by atoms with Crippen LogP contribution >= 0.6 is 0 Å². The predicted octanol–water partition coefficient (Wildman–Crippen LogP) is 3.24. The number of amides is 1. The number of carbonyl (C=O) groups is 1. The molecular weight excluding hydrogens is 380 g/mol. The number of pyridine rings is 1. The highest BCUT2D eigenvalue weighted by Gasteiger charge is 2.27. The average molecular weight is 406 g/mol. The molecule has 4 rings (SSSR count). The molecule has 0 radical (unpaired) electrons. The van der Waals surface area contributed by atoms with E-state index in [1.165, 1.54) is 0 Å². The minimum Gasteiger partial charge on any atom is -0.460 e. The van der Waals surface area contributed by atoms with E-state index in [0.29, 0.717) is 24.8 Å². The number of H-pyrrole nitrogens is 1. The standard InChI is InChI=1S/C22H26N6O2/c1-22(2,3)19-12-18(26-27-19)20(29)28-10-6-17(7-11-28)30-21-24-13-16(14-25-21)15-4-8-23-9-5-15/h4-5,8-9,12-14,17H,6-7,10-11H2,1-3H3,(H,26,27). The third kappa shape index (κ3) is 4.48. The molecule has 1 fully saturated rings. The SMILES string of the molecule is CC(C)(C)c1cc(C(=O)N2CCC(Oc3ncc(-c4ccncc4)cn3)CC2)n[nH]1. The van der Waals surface area contributed by atoms with E-state index in [1.54, 1.807) is 24.8 Å². The minimum atomic E-state index is -0.0701. The molecule has 3 aromatic heterocycles. The van der Waals surface area contributed by atoms with Gasteiger partial charge in [0.25, 0.3) is 5.91 Å². The van der Waals surface area contributed by atoms with Gasteiger partial charge in [-0.25, -0.2) is 9.97 Å². The Bertz CT molecular complexity index is 986. The van der Waals surface area contributed by atoms with E-state index in [4.69, 9.17) is 4.74 Å². The van der Waals surface area contributed by atoms with Crippen molar-refractivity contribution in [3.8, 4) is 17.1 Å². The lowest BCUT2D eigenvalue weighted by atomic mass is 9.92. The van der Waals surface area contributed by atoms with Crippen molar-refractivity contribution in [3.05, 3.63) is 54.4 Å². The van der Waals surface area contributed by atoms with E-state index < -0.39 is 0 Å². The number of nitrogens with one attached hydrogen (secondary N) is 1. The molecule has 0 aromatic carbocycles. The molecule has 8 nitrogen and oxygen atoms in total. The van der Waals surface area contributed by atoms with Crippen LogP contribution in [0.3, 0.4) is 0 Å². The van der Waals surface area contributed by atoms with Crippen molar-refractivity contribution in [2.75, 3.05) is 13.1 Å². The predicted molar refractivity (Wildman–Crippen MR) is 112 cm³/mol. The fraction of sp³-hybridized carbons (Fsp3) is 0.409. The number of aromatic amines is 1. The number of hydrogen-bond acceptors (Lipinski definition) is 6. The van der Waals surface area contributed by atoms with Gasteiger partial charge in [0.1, 0.15) is 11.8 Å². The van der Waals surface area contributed by atoms with E-state index in [9.17, 15) is 4.79 Å². The molecule has 0 saturated carbocycles. The molecule has 1 saturated heterocycles. The summed E-state index contributed by atoms with van der Waals surface area (Å²) in [6, 6.07) is 6.04. The van der Waals surface area contributed by atoms with Gasteiger partial charge in [0.05, 0.1) is 0 Å². The van der Waals surface area contributed by atoms with Crippen molar-refractivity contribution < 1.29 is 9.53 Å². The van der Waals surface area contributed by atoms with Gasteiger partial charge in [-0.05, 0) is 23.8 Å². The van der Waals surface area contributed by atoms with Crippen LogP contribution in [0, 0.1) is 0 Å². The maximum atomic E-state index is 12.8. The molecular formula is C22H26N6O2. The first-order valence-electron chi connectivity index (χ1n) is 10.1. The molecule has 0 bridgehead atoms. The van der Waals surface area contributed by atoms with Gasteiger partial charge >= 0.3 is 6.01 Å². The van der Waals surface area contributed by atoms with Gasteiger partial charge in [-0.3, -0.25) is 14.9 Å². The molecule has 156 valence electrons. The van der Waals surface area contributed by atoms with Crippen molar-refractivity contribution in [1.82, 2.24) is 30.0 Å². The Hall–Kier alpha value is -3.29. The molecule has 4 heterocycles. The quantitative estimate of drug-likeness (QED) is 0.714. The van der Waals surface area contributed by atoms with Crippen LogP contribution in [0.4, 0.5) is 0 Å². The Morgan fingerprint density at radius 1 is 1.10 bits per heavy atom. The zero-order valence-electron chi connectivity index (χ0n) is 17.5. The van der Waals surface area contributed by atoms with Crippen molar-refractivity contribution in [1.29, 1.82) is 0 Å². The average Bonchev–Trinajstić information content (AvgIpc) is 3.26. The van der Waals surface area contributed by atoms with E-state index >= 15 is 0 Å². The van der Waals surface area contributed by atoms with Gasteiger partial charge in [0, 0.05) is 67.4 Å². The van der Waals surface area contributed by atoms with Crippen LogP contribution in [0.5, 0.6) is 6.01 Å². The van der Waals surface area contributed by atoms with Crippen molar-refractivity contribution in [3.63, 3.8) is 0 Å². The summed E-state index contributed by atoms with van der Waals surface area (Å²) in [4.78, 5) is 27.3. The highest BCUT2D eigenvalue weighted by molar-refractivity contribution is 5.92. The Balaban J connectivity index is 1.31. The summed E-state index contributed by atoms with van der Waals surface area (Å²) in [5, 5.41) is 7.19. The van der Waals surface area contributed by atoms with Gasteiger partial charge < -0.3 is 9.64 Å². The minimum absolute atomic E-state index is 0.00912. The van der Waals surface area contributed by atoms with Crippen LogP contribution in [-0.4, -0.2) is 55.1 Å². The summed E-state index contributed by atoms with van der Waals surface area (Å²) in [5.74, 6) is -0.0434. The van der Waals surface area contributed by atoms with Crippen LogP contribution in [0.25, 0.3) is 11.1 Å². The zero-order chi connectivity index (χ0) is 21.1. The Kier molecular flexibility index (Phi) is 5.48. The van der Waals surface area contributed by atoms with E-state index in [2.05, 4.69) is 45.9 Å². The first-order chi connectivity index (χ1) is 14.4. The second-order valence-electron chi connectivity index (χ2n) is 8.52. The summed E-state index contributed by atoms with van der Waals surface area (Å²) in [6.45, 7) is 7.50. The number of piperidine rings is 1. The lowest BCUT2D eigenvalue weighted by molar-refractivity contribution is 0.0573. The molecule has 3 aromatic rings. The molecule has 1 aliphatic heterocycles. The molecule has 0 spiro atoms. The van der Waals surface area contributed by atoms with Crippen LogP contribution in [0.2, 0.25) is 0 Å². The van der Waals surface area contributed by atoms with Crippen molar-refractivity contribution in [2.45, 2.75) is 45.1 Å². The normalized spacial score (nSPS) is 15.2. The van der Waals surface area contributed by atoms with E-state index in [0.717, 1.165) is 29.7 Å². The summed E-state index contributed by atoms with van der Waals surface area (Å²) in [6.07, 6.45) is 8.44. The second kappa shape index (κ2) is 8.22. The summed E-state index contributed by atoms with van der Waals surface area (Å²) < 4.78 is 5.93. The first kappa shape index (κ1) is 20.0. The summed E-state index contributed by atoms with van der Waals surface area (Å²) in [7, 11) is 0. The number of hydrogen-bond donors (Lipinski definition) is 1. The Morgan fingerprint density at radius 2 is 1.77 bits per heavy atom. The third-order valence-electron chi connectivity index (χ3n) is 5.25. The highest BCUT2D eigenvalue weighted by atomic mass is 16.5. The lowest BCUT2D eigenvalue weighted by Crippen LogP contribution is -2.42. The molecule has 1 aliphatic rings. The largest absolute Gasteiger partial charge is 0.460 e. The number of likely N-dealkylation sites (tertiary alicyclic amines) is 1. The molecule has 1 N–H and O–H groups in total. The summed E-state index contributed by atoms with van der Waals surface area (Å²) in [5.41, 5.74) is 3.28. The fourth-order valence-electron chi connectivity index (χ4n) is 3.37. The Labute approximate surface area is 175 Å². The molecule has 0 atom stereocenters. The second-order valence-corrected chi connectivity index (χ2v) is 8.52. The number of aromatic nitrogens is 5. The number of ether oxygens (including phenoxy) is 1. The van der Waals surface area contributed by atoms with Gasteiger partial charge in [0.15, 0.2) is 0 Å². The van der Waals surface area contributed by atoms with E-state index in [-0.39, 0.29) is 17.4 Å². The van der Waals surface area contributed by atoms with Crippen LogP contribution in [0.15, 0.2) is 43.0 Å². The molecule has 30 heavy (non-hydrogen) atoms. The fourth-order valence-corrected chi connectivity index (χ4v) is 3.37. The van der Waals surface area contributed by atoms with Crippen molar-refractivity contribution in [2.24, 2.45) is 0 Å². The topological polar surface area (TPSA) is 96.9 Å². The van der Waals surface area contributed by atoms with Crippen molar-refractivity contribution >= 4 is 5.91 Å². The maximum Gasteiger partial charge on any atom is 0.316 e. The molecule has 0 aliphatic carbocycles. The van der Waals surface area contributed by atoms with Gasteiger partial charge in [-0.2, -0.15) is 5.10 Å². The van der Waals surface area contributed by atoms with Gasteiger partial charge in [0.2, 0.25) is 0 Å². The van der Waals surface area contributed by atoms with Gasteiger partial charge in [-0.1, -0.05) is 20.8 Å². The summed E-state index contributed by atoms with van der Waals surface area (Å²) >= 11 is 0. The van der Waals surface area contributed by atoms with Crippen LogP contribution in [0.1, 0.15) is 49.8 Å². The number of carbonyl (C=O) groups excluding carboxylic acids is 1. The van der Waals surface area contributed by atoms with Crippen LogP contribution < -0.4 is 4.74 Å². The Morgan fingerprint density at radius 3 is 2.37 bits per heavy atom. The molecule has 1 amide bonds. The maximum absolute atomic E-state index is 12.8. The first-order valence-corrected chi connectivity index (χ1v) is 10.1. The monoisotopic (exact) mass is 406 g/mol. The van der Waals surface area contributed by atoms with Crippen LogP contribution in [-0.2, 0) is 5.41 Å². The number of nitrogens with zero attached hydrogens (tertiary/aromatic N) is 5. The highest BCUT2D eigenvalue weighted by Crippen LogP contribution is 2.23. The van der Waals surface area contributed by atoms with E-state index in [1.807, 2.05) is 23.1 Å².